The van der Waals surface area contributed by atoms with Crippen LogP contribution in [-0.4, -0.2) is 41.5 Å². The molecular weight excluding hydrogens is 214 g/mol. The van der Waals surface area contributed by atoms with E-state index >= 15 is 0 Å². The van der Waals surface area contributed by atoms with Crippen LogP contribution >= 0.6 is 0 Å². The van der Waals surface area contributed by atoms with Crippen LogP contribution < -0.4 is 0 Å². The van der Waals surface area contributed by atoms with Gasteiger partial charge in [-0.25, -0.2) is 0 Å². The monoisotopic (exact) mass is 233 g/mol. The van der Waals surface area contributed by atoms with Crippen LogP contribution in [-0.2, 0) is 0 Å². The number of ketones is 1. The molecule has 1 unspecified atom stereocenters. The van der Waals surface area contributed by atoms with Crippen LogP contribution in [0.1, 0.15) is 28.8 Å². The maximum absolute atomic E-state index is 12.0. The lowest BCUT2D eigenvalue weighted by Gasteiger charge is -2.29. The molecule has 2 rings (SSSR count). The first-order valence-corrected chi connectivity index (χ1v) is 6.15. The predicted octanol–water partition coefficient (Wildman–Crippen LogP) is 1.63. The smallest absolute Gasteiger partial charge is 0.176 e. The number of carbonyl (C=O) groups is 1. The van der Waals surface area contributed by atoms with Gasteiger partial charge in [0.25, 0.3) is 0 Å². The lowest BCUT2D eigenvalue weighted by atomic mass is 10.1. The van der Waals surface area contributed by atoms with Crippen molar-refractivity contribution in [2.75, 3.05) is 19.6 Å². The first kappa shape index (κ1) is 12.3. The summed E-state index contributed by atoms with van der Waals surface area (Å²) in [6.07, 6.45) is 1.56. The lowest BCUT2D eigenvalue weighted by molar-refractivity contribution is 0.0634. The number of likely N-dealkylation sites (tertiary alicyclic amines) is 1. The van der Waals surface area contributed by atoms with Gasteiger partial charge in [-0.1, -0.05) is 23.8 Å². The Kier molecular flexibility index (Phi) is 3.92. The first-order valence-electron chi connectivity index (χ1n) is 6.15. The fourth-order valence-corrected chi connectivity index (χ4v) is 2.29. The molecule has 1 aliphatic heterocycles. The van der Waals surface area contributed by atoms with E-state index in [0.29, 0.717) is 13.1 Å². The third kappa shape index (κ3) is 3.38. The normalized spacial score (nSPS) is 21.4. The van der Waals surface area contributed by atoms with Crippen LogP contribution in [0, 0.1) is 6.92 Å². The molecule has 1 heterocycles. The number of hydrogen-bond donors (Lipinski definition) is 1. The Morgan fingerprint density at radius 1 is 1.53 bits per heavy atom. The van der Waals surface area contributed by atoms with Gasteiger partial charge in [-0.2, -0.15) is 0 Å². The molecule has 3 nitrogen and oxygen atoms in total. The molecule has 0 amide bonds. The van der Waals surface area contributed by atoms with Crippen LogP contribution in [0.2, 0.25) is 0 Å². The molecule has 1 atom stereocenters. The summed E-state index contributed by atoms with van der Waals surface area (Å²) in [6.45, 7) is 3.94. The molecule has 0 aliphatic carbocycles. The molecule has 1 N–H and O–H groups in total. The van der Waals surface area contributed by atoms with E-state index in [4.69, 9.17) is 0 Å². The fraction of sp³-hybridized carbons (Fsp3) is 0.500. The number of β-amino-alcohol motifs (C(OH)–C–C–N with tert-alkyl or cyclic N) is 1. The number of aliphatic hydroxyl groups excluding tert-OH is 1. The molecule has 1 fully saturated rings. The quantitative estimate of drug-likeness (QED) is 0.807. The molecule has 92 valence electrons. The third-order valence-electron chi connectivity index (χ3n) is 3.19. The second-order valence-corrected chi connectivity index (χ2v) is 4.82. The number of piperidine rings is 1. The van der Waals surface area contributed by atoms with E-state index in [-0.39, 0.29) is 11.9 Å². The Labute approximate surface area is 102 Å². The van der Waals surface area contributed by atoms with Gasteiger partial charge in [-0.3, -0.25) is 9.69 Å². The van der Waals surface area contributed by atoms with Crippen molar-refractivity contribution in [2.45, 2.75) is 25.9 Å². The van der Waals surface area contributed by atoms with Gasteiger partial charge in [0.05, 0.1) is 12.6 Å². The highest BCUT2D eigenvalue weighted by atomic mass is 16.3. The van der Waals surface area contributed by atoms with Gasteiger partial charge in [0.1, 0.15) is 0 Å². The Hall–Kier alpha value is -1.19. The predicted molar refractivity (Wildman–Crippen MR) is 67.2 cm³/mol. The zero-order chi connectivity index (χ0) is 12.3. The highest BCUT2D eigenvalue weighted by molar-refractivity contribution is 5.97. The van der Waals surface area contributed by atoms with Crippen molar-refractivity contribution in [3.63, 3.8) is 0 Å². The van der Waals surface area contributed by atoms with Crippen molar-refractivity contribution in [3.05, 3.63) is 35.4 Å². The van der Waals surface area contributed by atoms with Gasteiger partial charge >= 0.3 is 0 Å². The first-order chi connectivity index (χ1) is 8.15. The molecule has 17 heavy (non-hydrogen) atoms. The number of hydrogen-bond acceptors (Lipinski definition) is 3. The van der Waals surface area contributed by atoms with Crippen LogP contribution in [0.3, 0.4) is 0 Å². The largest absolute Gasteiger partial charge is 0.392 e. The fourth-order valence-electron chi connectivity index (χ4n) is 2.29. The second kappa shape index (κ2) is 5.43. The van der Waals surface area contributed by atoms with E-state index in [2.05, 4.69) is 0 Å². The zero-order valence-electron chi connectivity index (χ0n) is 10.2. The van der Waals surface area contributed by atoms with E-state index in [9.17, 15) is 9.90 Å². The molecule has 1 saturated heterocycles. The number of Topliss-reactive ketones (excluding diaryl/α,β-unsaturated/α-hetero) is 1. The zero-order valence-corrected chi connectivity index (χ0v) is 10.2. The minimum absolute atomic E-state index is 0.141. The molecule has 1 aliphatic rings. The van der Waals surface area contributed by atoms with Crippen molar-refractivity contribution < 1.29 is 9.90 Å². The Morgan fingerprint density at radius 3 is 3.06 bits per heavy atom. The highest BCUT2D eigenvalue weighted by Crippen LogP contribution is 2.11. The topological polar surface area (TPSA) is 40.5 Å². The average Bonchev–Trinajstić information content (AvgIpc) is 2.29. The van der Waals surface area contributed by atoms with Gasteiger partial charge in [0.15, 0.2) is 5.78 Å². The standard InChI is InChI=1S/C14H19NO2/c1-11-4-2-5-12(8-11)14(17)10-15-7-3-6-13(16)9-15/h2,4-5,8,13,16H,3,6-7,9-10H2,1H3. The summed E-state index contributed by atoms with van der Waals surface area (Å²) in [5.41, 5.74) is 1.87. The number of aryl methyl sites for hydroxylation is 1. The number of rotatable bonds is 3. The van der Waals surface area contributed by atoms with Crippen molar-refractivity contribution in [1.29, 1.82) is 0 Å². The number of benzene rings is 1. The molecule has 1 aromatic carbocycles. The lowest BCUT2D eigenvalue weighted by Crippen LogP contribution is -2.41. The number of aliphatic hydroxyl groups is 1. The van der Waals surface area contributed by atoms with E-state index in [1.807, 2.05) is 36.1 Å². The molecule has 0 radical (unpaired) electrons. The Bertz CT molecular complexity index is 403. The molecule has 0 bridgehead atoms. The van der Waals surface area contributed by atoms with E-state index in [0.717, 1.165) is 30.5 Å². The van der Waals surface area contributed by atoms with E-state index < -0.39 is 0 Å². The van der Waals surface area contributed by atoms with Crippen molar-refractivity contribution in [3.8, 4) is 0 Å². The Balaban J connectivity index is 1.97. The summed E-state index contributed by atoms with van der Waals surface area (Å²) in [7, 11) is 0. The van der Waals surface area contributed by atoms with Gasteiger partial charge in [0, 0.05) is 12.1 Å². The summed E-state index contributed by atoms with van der Waals surface area (Å²) in [6, 6.07) is 7.67. The van der Waals surface area contributed by atoms with Gasteiger partial charge in [-0.15, -0.1) is 0 Å². The van der Waals surface area contributed by atoms with Crippen LogP contribution in [0.15, 0.2) is 24.3 Å². The van der Waals surface area contributed by atoms with Crippen molar-refractivity contribution in [1.82, 2.24) is 4.90 Å². The second-order valence-electron chi connectivity index (χ2n) is 4.82. The average molecular weight is 233 g/mol. The molecular formula is C14H19NO2. The minimum Gasteiger partial charge on any atom is -0.392 e. The van der Waals surface area contributed by atoms with Crippen LogP contribution in [0.25, 0.3) is 0 Å². The number of nitrogens with zero attached hydrogens (tertiary/aromatic N) is 1. The van der Waals surface area contributed by atoms with Gasteiger partial charge in [-0.05, 0) is 32.4 Å². The summed E-state index contributed by atoms with van der Waals surface area (Å²) < 4.78 is 0. The minimum atomic E-state index is -0.269. The van der Waals surface area contributed by atoms with Gasteiger partial charge in [0.2, 0.25) is 0 Å². The summed E-state index contributed by atoms with van der Waals surface area (Å²) in [5.74, 6) is 0.141. The van der Waals surface area contributed by atoms with E-state index in [1.54, 1.807) is 0 Å². The third-order valence-corrected chi connectivity index (χ3v) is 3.19. The van der Waals surface area contributed by atoms with Crippen molar-refractivity contribution >= 4 is 5.78 Å². The maximum Gasteiger partial charge on any atom is 0.176 e. The molecule has 3 heteroatoms. The van der Waals surface area contributed by atoms with Gasteiger partial charge < -0.3 is 5.11 Å². The SMILES string of the molecule is Cc1cccc(C(=O)CN2CCCC(O)C2)c1. The molecule has 0 spiro atoms. The van der Waals surface area contributed by atoms with Crippen LogP contribution in [0.5, 0.6) is 0 Å². The maximum atomic E-state index is 12.0. The van der Waals surface area contributed by atoms with Crippen molar-refractivity contribution in [2.24, 2.45) is 0 Å². The molecule has 1 aromatic rings. The van der Waals surface area contributed by atoms with E-state index in [1.165, 1.54) is 0 Å². The summed E-state index contributed by atoms with van der Waals surface area (Å²) >= 11 is 0. The molecule has 0 saturated carbocycles. The highest BCUT2D eigenvalue weighted by Gasteiger charge is 2.20. The summed E-state index contributed by atoms with van der Waals surface area (Å²) in [4.78, 5) is 14.1. The Morgan fingerprint density at radius 2 is 2.35 bits per heavy atom. The van der Waals surface area contributed by atoms with Crippen LogP contribution in [0.4, 0.5) is 0 Å². The number of carbonyl (C=O) groups excluding carboxylic acids is 1. The molecule has 0 aromatic heterocycles. The summed E-state index contributed by atoms with van der Waals surface area (Å²) in [5, 5.41) is 9.55.